The standard InChI is InChI=1S/C13H11F3OS/c1-8-2-7-11(18-8)12(17)9-3-5-10(6-4-9)13(14,15)16/h2-7,12,17H,1H3. The second kappa shape index (κ2) is 4.74. The molecule has 0 saturated carbocycles. The molecule has 2 aromatic rings. The second-order valence-electron chi connectivity index (χ2n) is 3.97. The molecule has 0 aliphatic heterocycles. The van der Waals surface area contributed by atoms with Gasteiger partial charge in [0.15, 0.2) is 0 Å². The molecule has 5 heteroatoms. The van der Waals surface area contributed by atoms with Gasteiger partial charge in [-0.3, -0.25) is 0 Å². The highest BCUT2D eigenvalue weighted by atomic mass is 32.1. The lowest BCUT2D eigenvalue weighted by molar-refractivity contribution is -0.137. The predicted molar refractivity (Wildman–Crippen MR) is 64.6 cm³/mol. The van der Waals surface area contributed by atoms with Gasteiger partial charge >= 0.3 is 6.18 Å². The Kier molecular flexibility index (Phi) is 3.45. The van der Waals surface area contributed by atoms with Crippen LogP contribution >= 0.6 is 11.3 Å². The van der Waals surface area contributed by atoms with Crippen LogP contribution in [0.3, 0.4) is 0 Å². The monoisotopic (exact) mass is 272 g/mol. The van der Waals surface area contributed by atoms with Crippen molar-refractivity contribution in [2.45, 2.75) is 19.2 Å². The highest BCUT2D eigenvalue weighted by molar-refractivity contribution is 7.12. The number of hydrogen-bond donors (Lipinski definition) is 1. The summed E-state index contributed by atoms with van der Waals surface area (Å²) in [5, 5.41) is 10.0. The second-order valence-corrected chi connectivity index (χ2v) is 5.29. The van der Waals surface area contributed by atoms with Crippen LogP contribution in [0, 0.1) is 6.92 Å². The first kappa shape index (κ1) is 13.1. The third-order valence-corrected chi connectivity index (χ3v) is 3.64. The van der Waals surface area contributed by atoms with Crippen molar-refractivity contribution in [3.05, 3.63) is 57.3 Å². The van der Waals surface area contributed by atoms with Crippen molar-refractivity contribution in [2.24, 2.45) is 0 Å². The molecule has 1 unspecified atom stereocenters. The van der Waals surface area contributed by atoms with Crippen molar-refractivity contribution in [3.8, 4) is 0 Å². The Morgan fingerprint density at radius 3 is 2.11 bits per heavy atom. The number of aryl methyl sites for hydroxylation is 1. The van der Waals surface area contributed by atoms with Gasteiger partial charge in [-0.25, -0.2) is 0 Å². The maximum Gasteiger partial charge on any atom is 0.416 e. The van der Waals surface area contributed by atoms with Gasteiger partial charge in [0, 0.05) is 9.75 Å². The first-order chi connectivity index (χ1) is 8.38. The van der Waals surface area contributed by atoms with Crippen LogP contribution in [0.2, 0.25) is 0 Å². The number of rotatable bonds is 2. The van der Waals surface area contributed by atoms with Crippen molar-refractivity contribution in [2.75, 3.05) is 0 Å². The van der Waals surface area contributed by atoms with Crippen molar-refractivity contribution < 1.29 is 18.3 Å². The molecule has 0 spiro atoms. The molecule has 1 aromatic heterocycles. The zero-order valence-electron chi connectivity index (χ0n) is 9.53. The summed E-state index contributed by atoms with van der Waals surface area (Å²) in [6.07, 6.45) is -5.21. The molecule has 0 saturated heterocycles. The topological polar surface area (TPSA) is 20.2 Å². The molecule has 0 fully saturated rings. The number of halogens is 3. The normalized spacial score (nSPS) is 13.6. The minimum Gasteiger partial charge on any atom is -0.383 e. The number of thiophene rings is 1. The van der Waals surface area contributed by atoms with Gasteiger partial charge in [-0.1, -0.05) is 12.1 Å². The van der Waals surface area contributed by atoms with E-state index in [9.17, 15) is 18.3 Å². The van der Waals surface area contributed by atoms with Gasteiger partial charge in [0.25, 0.3) is 0 Å². The number of hydrogen-bond acceptors (Lipinski definition) is 2. The van der Waals surface area contributed by atoms with Crippen LogP contribution in [0.5, 0.6) is 0 Å². The average Bonchev–Trinajstić information content (AvgIpc) is 2.74. The van der Waals surface area contributed by atoms with Crippen LogP contribution in [-0.2, 0) is 6.18 Å². The molecule has 0 radical (unpaired) electrons. The maximum atomic E-state index is 12.4. The van der Waals surface area contributed by atoms with E-state index in [4.69, 9.17) is 0 Å². The molecular formula is C13H11F3OS. The van der Waals surface area contributed by atoms with E-state index in [1.807, 2.05) is 13.0 Å². The molecule has 0 bridgehead atoms. The van der Waals surface area contributed by atoms with Crippen molar-refractivity contribution in [1.29, 1.82) is 0 Å². The number of aliphatic hydroxyl groups excluding tert-OH is 1. The van der Waals surface area contributed by atoms with Gasteiger partial charge in [-0.05, 0) is 36.8 Å². The molecule has 1 nitrogen and oxygen atoms in total. The SMILES string of the molecule is Cc1ccc(C(O)c2ccc(C(F)(F)F)cc2)s1. The Bertz CT molecular complexity index is 528. The molecule has 0 aliphatic carbocycles. The molecule has 1 N–H and O–H groups in total. The fourth-order valence-electron chi connectivity index (χ4n) is 1.62. The molecule has 2 rings (SSSR count). The fourth-order valence-corrected chi connectivity index (χ4v) is 2.51. The summed E-state index contributed by atoms with van der Waals surface area (Å²) < 4.78 is 37.2. The van der Waals surface area contributed by atoms with E-state index in [0.717, 1.165) is 21.9 Å². The molecular weight excluding hydrogens is 261 g/mol. The molecule has 1 aromatic carbocycles. The first-order valence-electron chi connectivity index (χ1n) is 5.29. The van der Waals surface area contributed by atoms with Gasteiger partial charge < -0.3 is 5.11 Å². The minimum atomic E-state index is -4.34. The quantitative estimate of drug-likeness (QED) is 0.870. The van der Waals surface area contributed by atoms with E-state index in [1.54, 1.807) is 6.07 Å². The molecule has 96 valence electrons. The summed E-state index contributed by atoms with van der Waals surface area (Å²) in [6.45, 7) is 1.91. The molecule has 0 aliphatic rings. The lowest BCUT2D eigenvalue weighted by atomic mass is 10.1. The summed E-state index contributed by atoms with van der Waals surface area (Å²) in [5.74, 6) is 0. The largest absolute Gasteiger partial charge is 0.416 e. The zero-order chi connectivity index (χ0) is 13.3. The lowest BCUT2D eigenvalue weighted by Crippen LogP contribution is -2.05. The highest BCUT2D eigenvalue weighted by Crippen LogP contribution is 2.32. The van der Waals surface area contributed by atoms with E-state index in [0.29, 0.717) is 5.56 Å². The number of benzene rings is 1. The van der Waals surface area contributed by atoms with Gasteiger partial charge in [0.2, 0.25) is 0 Å². The minimum absolute atomic E-state index is 0.463. The smallest absolute Gasteiger partial charge is 0.383 e. The van der Waals surface area contributed by atoms with E-state index in [2.05, 4.69) is 0 Å². The first-order valence-corrected chi connectivity index (χ1v) is 6.11. The highest BCUT2D eigenvalue weighted by Gasteiger charge is 2.30. The number of alkyl halides is 3. The molecule has 1 heterocycles. The Labute approximate surface area is 107 Å². The number of aliphatic hydroxyl groups is 1. The Morgan fingerprint density at radius 2 is 1.67 bits per heavy atom. The van der Waals surface area contributed by atoms with Gasteiger partial charge in [-0.15, -0.1) is 11.3 Å². The summed E-state index contributed by atoms with van der Waals surface area (Å²) in [7, 11) is 0. The Hall–Kier alpha value is -1.33. The Balaban J connectivity index is 2.24. The van der Waals surface area contributed by atoms with E-state index in [-0.39, 0.29) is 0 Å². The summed E-state index contributed by atoms with van der Waals surface area (Å²) in [6, 6.07) is 8.23. The molecule has 1 atom stereocenters. The van der Waals surface area contributed by atoms with Crippen LogP contribution in [0.25, 0.3) is 0 Å². The van der Waals surface area contributed by atoms with Gasteiger partial charge in [0.1, 0.15) is 6.10 Å². The van der Waals surface area contributed by atoms with Gasteiger partial charge in [0.05, 0.1) is 5.56 Å². The van der Waals surface area contributed by atoms with E-state index in [1.165, 1.54) is 23.5 Å². The lowest BCUT2D eigenvalue weighted by Gasteiger charge is -2.11. The van der Waals surface area contributed by atoms with Crippen molar-refractivity contribution >= 4 is 11.3 Å². The van der Waals surface area contributed by atoms with Crippen LogP contribution in [0.4, 0.5) is 13.2 Å². The molecule has 0 amide bonds. The van der Waals surface area contributed by atoms with Crippen LogP contribution in [0.15, 0.2) is 36.4 Å². The van der Waals surface area contributed by atoms with Gasteiger partial charge in [-0.2, -0.15) is 13.2 Å². The summed E-state index contributed by atoms with van der Waals surface area (Å²) in [5.41, 5.74) is -0.245. The Morgan fingerprint density at radius 1 is 1.06 bits per heavy atom. The third kappa shape index (κ3) is 2.73. The predicted octanol–water partition coefficient (Wildman–Crippen LogP) is 4.16. The van der Waals surface area contributed by atoms with Crippen LogP contribution in [-0.4, -0.2) is 5.11 Å². The van der Waals surface area contributed by atoms with E-state index < -0.39 is 17.8 Å². The third-order valence-electron chi connectivity index (χ3n) is 2.58. The average molecular weight is 272 g/mol. The van der Waals surface area contributed by atoms with E-state index >= 15 is 0 Å². The van der Waals surface area contributed by atoms with Crippen LogP contribution in [0.1, 0.15) is 27.0 Å². The fraction of sp³-hybridized carbons (Fsp3) is 0.231. The van der Waals surface area contributed by atoms with Crippen molar-refractivity contribution in [3.63, 3.8) is 0 Å². The van der Waals surface area contributed by atoms with Crippen molar-refractivity contribution in [1.82, 2.24) is 0 Å². The maximum absolute atomic E-state index is 12.4. The van der Waals surface area contributed by atoms with Crippen LogP contribution < -0.4 is 0 Å². The summed E-state index contributed by atoms with van der Waals surface area (Å²) >= 11 is 1.43. The zero-order valence-corrected chi connectivity index (χ0v) is 10.3. The summed E-state index contributed by atoms with van der Waals surface area (Å²) in [4.78, 5) is 1.78. The molecule has 18 heavy (non-hydrogen) atoms.